The third-order valence-corrected chi connectivity index (χ3v) is 2.40. The second-order valence-corrected chi connectivity index (χ2v) is 3.51. The van der Waals surface area contributed by atoms with Gasteiger partial charge in [-0.1, -0.05) is 6.92 Å². The Bertz CT molecular complexity index is 242. The van der Waals surface area contributed by atoms with E-state index in [1.165, 1.54) is 5.69 Å². The predicted molar refractivity (Wildman–Crippen MR) is 54.5 cm³/mol. The number of aromatic nitrogens is 2. The zero-order valence-electron chi connectivity index (χ0n) is 8.53. The molecule has 0 fully saturated rings. The lowest BCUT2D eigenvalue weighted by Gasteiger charge is -2.08. The highest BCUT2D eigenvalue weighted by Gasteiger charge is 2.00. The van der Waals surface area contributed by atoms with Crippen LogP contribution in [0.4, 0.5) is 0 Å². The van der Waals surface area contributed by atoms with Gasteiger partial charge >= 0.3 is 0 Å². The minimum absolute atomic E-state index is 0.357. The Hall–Kier alpha value is -0.830. The monoisotopic (exact) mass is 181 g/mol. The van der Waals surface area contributed by atoms with Gasteiger partial charge in [0.2, 0.25) is 0 Å². The Morgan fingerprint density at radius 3 is 2.92 bits per heavy atom. The molecule has 1 aromatic rings. The van der Waals surface area contributed by atoms with Crippen LogP contribution in [0.25, 0.3) is 0 Å². The zero-order valence-corrected chi connectivity index (χ0v) is 8.53. The van der Waals surface area contributed by atoms with Gasteiger partial charge in [0.05, 0.1) is 0 Å². The van der Waals surface area contributed by atoms with E-state index in [0.29, 0.717) is 6.04 Å². The number of hydrogen-bond donors (Lipinski definition) is 1. The van der Waals surface area contributed by atoms with Gasteiger partial charge in [0.1, 0.15) is 0 Å². The fourth-order valence-corrected chi connectivity index (χ4v) is 1.34. The molecule has 0 aromatic carbocycles. The Balaban J connectivity index is 2.24. The first-order valence-corrected chi connectivity index (χ1v) is 4.98. The van der Waals surface area contributed by atoms with E-state index in [0.717, 1.165) is 25.8 Å². The molecule has 0 saturated heterocycles. The molecule has 3 nitrogen and oxygen atoms in total. The fraction of sp³-hybridized carbons (Fsp3) is 0.700. The third kappa shape index (κ3) is 3.19. The van der Waals surface area contributed by atoms with Gasteiger partial charge < -0.3 is 5.73 Å². The first-order chi connectivity index (χ1) is 6.24. The van der Waals surface area contributed by atoms with Gasteiger partial charge in [-0.2, -0.15) is 5.10 Å². The van der Waals surface area contributed by atoms with Crippen LogP contribution in [-0.2, 0) is 6.54 Å². The molecule has 1 heterocycles. The van der Waals surface area contributed by atoms with Crippen molar-refractivity contribution in [2.45, 2.75) is 45.7 Å². The van der Waals surface area contributed by atoms with E-state index >= 15 is 0 Å². The minimum Gasteiger partial charge on any atom is -0.328 e. The standard InChI is InChI=1S/C10H19N3/c1-3-10(11)5-4-8-13-9(2)6-7-12-13/h6-7,10H,3-5,8,11H2,1-2H3. The van der Waals surface area contributed by atoms with E-state index in [1.807, 2.05) is 16.9 Å². The van der Waals surface area contributed by atoms with Crippen molar-refractivity contribution in [3.8, 4) is 0 Å². The average molecular weight is 181 g/mol. The summed E-state index contributed by atoms with van der Waals surface area (Å²) >= 11 is 0. The normalized spacial score (nSPS) is 13.2. The van der Waals surface area contributed by atoms with Crippen LogP contribution in [0.5, 0.6) is 0 Å². The van der Waals surface area contributed by atoms with Crippen molar-refractivity contribution in [1.82, 2.24) is 9.78 Å². The highest BCUT2D eigenvalue weighted by atomic mass is 15.3. The second kappa shape index (κ2) is 5.02. The molecule has 0 aliphatic carbocycles. The molecule has 3 heteroatoms. The predicted octanol–water partition coefficient (Wildman–Crippen LogP) is 1.71. The molecule has 0 radical (unpaired) electrons. The van der Waals surface area contributed by atoms with Crippen molar-refractivity contribution < 1.29 is 0 Å². The summed E-state index contributed by atoms with van der Waals surface area (Å²) in [6, 6.07) is 2.38. The average Bonchev–Trinajstić information content (AvgIpc) is 2.52. The van der Waals surface area contributed by atoms with Crippen molar-refractivity contribution in [3.05, 3.63) is 18.0 Å². The smallest absolute Gasteiger partial charge is 0.0492 e. The van der Waals surface area contributed by atoms with Crippen LogP contribution >= 0.6 is 0 Å². The van der Waals surface area contributed by atoms with Crippen molar-refractivity contribution in [1.29, 1.82) is 0 Å². The fourth-order valence-electron chi connectivity index (χ4n) is 1.34. The molecule has 13 heavy (non-hydrogen) atoms. The van der Waals surface area contributed by atoms with Crippen LogP contribution in [0, 0.1) is 6.92 Å². The van der Waals surface area contributed by atoms with E-state index < -0.39 is 0 Å². The summed E-state index contributed by atoms with van der Waals surface area (Å²) in [5, 5.41) is 4.21. The molecule has 0 aliphatic heterocycles. The van der Waals surface area contributed by atoms with Crippen molar-refractivity contribution in [3.63, 3.8) is 0 Å². The van der Waals surface area contributed by atoms with Crippen molar-refractivity contribution in [2.24, 2.45) is 5.73 Å². The summed E-state index contributed by atoms with van der Waals surface area (Å²) < 4.78 is 2.03. The van der Waals surface area contributed by atoms with Crippen LogP contribution in [0.3, 0.4) is 0 Å². The summed E-state index contributed by atoms with van der Waals surface area (Å²) in [5.41, 5.74) is 7.05. The van der Waals surface area contributed by atoms with Crippen molar-refractivity contribution in [2.75, 3.05) is 0 Å². The molecule has 74 valence electrons. The zero-order chi connectivity index (χ0) is 9.68. The third-order valence-electron chi connectivity index (χ3n) is 2.40. The molecule has 0 bridgehead atoms. The number of rotatable bonds is 5. The highest BCUT2D eigenvalue weighted by molar-refractivity contribution is 4.96. The summed E-state index contributed by atoms with van der Waals surface area (Å²) in [5.74, 6) is 0. The summed E-state index contributed by atoms with van der Waals surface area (Å²) in [6.07, 6.45) is 5.13. The molecule has 0 spiro atoms. The van der Waals surface area contributed by atoms with Crippen LogP contribution in [0.2, 0.25) is 0 Å². The molecule has 0 saturated carbocycles. The van der Waals surface area contributed by atoms with Crippen LogP contribution in [0.15, 0.2) is 12.3 Å². The Kier molecular flexibility index (Phi) is 3.96. The lowest BCUT2D eigenvalue weighted by atomic mass is 10.1. The Labute approximate surface area is 79.9 Å². The molecule has 1 atom stereocenters. The first-order valence-electron chi connectivity index (χ1n) is 4.98. The van der Waals surface area contributed by atoms with E-state index in [9.17, 15) is 0 Å². The van der Waals surface area contributed by atoms with E-state index in [2.05, 4.69) is 18.9 Å². The molecule has 1 unspecified atom stereocenters. The summed E-state index contributed by atoms with van der Waals surface area (Å²) in [4.78, 5) is 0. The molecular weight excluding hydrogens is 162 g/mol. The second-order valence-electron chi connectivity index (χ2n) is 3.51. The maximum absolute atomic E-state index is 5.82. The van der Waals surface area contributed by atoms with Crippen LogP contribution in [0.1, 0.15) is 31.9 Å². The van der Waals surface area contributed by atoms with E-state index in [1.54, 1.807) is 0 Å². The lowest BCUT2D eigenvalue weighted by molar-refractivity contribution is 0.495. The molecule has 2 N–H and O–H groups in total. The molecule has 1 aromatic heterocycles. The minimum atomic E-state index is 0.357. The largest absolute Gasteiger partial charge is 0.328 e. The van der Waals surface area contributed by atoms with Gasteiger partial charge in [-0.05, 0) is 32.3 Å². The lowest BCUT2D eigenvalue weighted by Crippen LogP contribution is -2.19. The Morgan fingerprint density at radius 2 is 2.38 bits per heavy atom. The molecule has 0 aliphatic rings. The molecular formula is C10H19N3. The number of nitrogens with two attached hydrogens (primary N) is 1. The van der Waals surface area contributed by atoms with Gasteiger partial charge in [0.25, 0.3) is 0 Å². The number of nitrogens with zero attached hydrogens (tertiary/aromatic N) is 2. The topological polar surface area (TPSA) is 43.8 Å². The van der Waals surface area contributed by atoms with Crippen molar-refractivity contribution >= 4 is 0 Å². The van der Waals surface area contributed by atoms with E-state index in [-0.39, 0.29) is 0 Å². The van der Waals surface area contributed by atoms with Crippen LogP contribution < -0.4 is 5.73 Å². The SMILES string of the molecule is CCC(N)CCCn1nccc1C. The molecule has 1 rings (SSSR count). The van der Waals surface area contributed by atoms with Crippen LogP contribution in [-0.4, -0.2) is 15.8 Å². The maximum Gasteiger partial charge on any atom is 0.0492 e. The summed E-state index contributed by atoms with van der Waals surface area (Å²) in [6.45, 7) is 5.20. The quantitative estimate of drug-likeness (QED) is 0.751. The molecule has 0 amide bonds. The maximum atomic E-state index is 5.82. The first kappa shape index (κ1) is 10.3. The summed E-state index contributed by atoms with van der Waals surface area (Å²) in [7, 11) is 0. The van der Waals surface area contributed by atoms with Gasteiger partial charge in [0, 0.05) is 24.5 Å². The van der Waals surface area contributed by atoms with Gasteiger partial charge in [-0.15, -0.1) is 0 Å². The van der Waals surface area contributed by atoms with E-state index in [4.69, 9.17) is 5.73 Å². The highest BCUT2D eigenvalue weighted by Crippen LogP contribution is 2.02. The number of hydrogen-bond acceptors (Lipinski definition) is 2. The Morgan fingerprint density at radius 1 is 1.62 bits per heavy atom. The van der Waals surface area contributed by atoms with Gasteiger partial charge in [0.15, 0.2) is 0 Å². The van der Waals surface area contributed by atoms with Gasteiger partial charge in [-0.3, -0.25) is 4.68 Å². The number of aryl methyl sites for hydroxylation is 2. The van der Waals surface area contributed by atoms with Gasteiger partial charge in [-0.25, -0.2) is 0 Å².